The zero-order chi connectivity index (χ0) is 17.3. The Hall–Kier alpha value is -2.46. The maximum Gasteiger partial charge on any atom is 0.258 e. The summed E-state index contributed by atoms with van der Waals surface area (Å²) in [6.45, 7) is 2.58. The maximum absolute atomic E-state index is 12.7. The third-order valence-electron chi connectivity index (χ3n) is 4.08. The van der Waals surface area contributed by atoms with Crippen LogP contribution in [0.3, 0.4) is 0 Å². The number of fused-ring (bicyclic) bond motifs is 1. The van der Waals surface area contributed by atoms with Crippen molar-refractivity contribution in [3.63, 3.8) is 0 Å². The number of rotatable bonds is 4. The number of amides is 1. The van der Waals surface area contributed by atoms with Gasteiger partial charge in [0.05, 0.1) is 24.9 Å². The number of hydrogen-bond donors (Lipinski definition) is 0. The zero-order valence-corrected chi connectivity index (χ0v) is 14.6. The number of ether oxygens (including phenoxy) is 2. The first-order chi connectivity index (χ1) is 11.6. The van der Waals surface area contributed by atoms with Gasteiger partial charge in [0.2, 0.25) is 0 Å². The second-order valence-corrected chi connectivity index (χ2v) is 5.76. The van der Waals surface area contributed by atoms with Gasteiger partial charge in [-0.1, -0.05) is 29.8 Å². The van der Waals surface area contributed by atoms with E-state index in [0.717, 1.165) is 11.3 Å². The molecule has 5 heteroatoms. The van der Waals surface area contributed by atoms with E-state index >= 15 is 0 Å². The van der Waals surface area contributed by atoms with Crippen LogP contribution in [0.15, 0.2) is 36.4 Å². The van der Waals surface area contributed by atoms with Gasteiger partial charge in [-0.25, -0.2) is 0 Å². The van der Waals surface area contributed by atoms with Crippen LogP contribution in [0.5, 0.6) is 11.5 Å². The Morgan fingerprint density at radius 1 is 1.12 bits per heavy atom. The molecular formula is C19H18ClNO3. The number of carbonyl (C=O) groups excluding carboxylic acids is 1. The third-order valence-corrected chi connectivity index (χ3v) is 4.41. The van der Waals surface area contributed by atoms with Crippen LogP contribution >= 0.6 is 11.6 Å². The first-order valence-electron chi connectivity index (χ1n) is 7.65. The van der Waals surface area contributed by atoms with Crippen LogP contribution in [0.1, 0.15) is 18.1 Å². The van der Waals surface area contributed by atoms with Crippen molar-refractivity contribution in [2.45, 2.75) is 6.92 Å². The van der Waals surface area contributed by atoms with Gasteiger partial charge in [0, 0.05) is 23.7 Å². The Bertz CT molecular complexity index is 829. The molecule has 0 aromatic heterocycles. The SMILES string of the molecule is CCN1C(=O)/C(=C\c2cc(OC)c(OC)cc2Cl)c2ccccc21. The first-order valence-corrected chi connectivity index (χ1v) is 8.03. The number of methoxy groups -OCH3 is 2. The topological polar surface area (TPSA) is 38.8 Å². The van der Waals surface area contributed by atoms with Gasteiger partial charge >= 0.3 is 0 Å². The average molecular weight is 344 g/mol. The van der Waals surface area contributed by atoms with Gasteiger partial charge < -0.3 is 14.4 Å². The van der Waals surface area contributed by atoms with Crippen molar-refractivity contribution in [1.82, 2.24) is 0 Å². The first kappa shape index (κ1) is 16.4. The van der Waals surface area contributed by atoms with Crippen molar-refractivity contribution in [3.8, 4) is 11.5 Å². The van der Waals surface area contributed by atoms with Crippen molar-refractivity contribution in [3.05, 3.63) is 52.5 Å². The van der Waals surface area contributed by atoms with Crippen molar-refractivity contribution in [2.24, 2.45) is 0 Å². The van der Waals surface area contributed by atoms with Crippen molar-refractivity contribution < 1.29 is 14.3 Å². The zero-order valence-electron chi connectivity index (χ0n) is 13.8. The van der Waals surface area contributed by atoms with Gasteiger partial charge in [-0.15, -0.1) is 0 Å². The highest BCUT2D eigenvalue weighted by Gasteiger charge is 2.31. The molecule has 4 nitrogen and oxygen atoms in total. The lowest BCUT2D eigenvalue weighted by Crippen LogP contribution is -2.25. The predicted molar refractivity (Wildman–Crippen MR) is 96.9 cm³/mol. The molecule has 0 spiro atoms. The highest BCUT2D eigenvalue weighted by Crippen LogP contribution is 2.40. The van der Waals surface area contributed by atoms with Gasteiger partial charge in [-0.3, -0.25) is 4.79 Å². The molecule has 1 aliphatic heterocycles. The quantitative estimate of drug-likeness (QED) is 0.778. The summed E-state index contributed by atoms with van der Waals surface area (Å²) in [5, 5.41) is 0.500. The molecule has 2 aromatic rings. The van der Waals surface area contributed by atoms with Crippen LogP contribution in [-0.2, 0) is 4.79 Å². The minimum atomic E-state index is -0.0236. The molecule has 0 aliphatic carbocycles. The molecule has 3 rings (SSSR count). The highest BCUT2D eigenvalue weighted by molar-refractivity contribution is 6.37. The maximum atomic E-state index is 12.7. The summed E-state index contributed by atoms with van der Waals surface area (Å²) < 4.78 is 10.6. The van der Waals surface area contributed by atoms with Crippen LogP contribution < -0.4 is 14.4 Å². The summed E-state index contributed by atoms with van der Waals surface area (Å²) in [6.07, 6.45) is 1.81. The number of anilines is 1. The Morgan fingerprint density at radius 3 is 2.46 bits per heavy atom. The fourth-order valence-corrected chi connectivity index (χ4v) is 3.10. The molecule has 1 heterocycles. The third kappa shape index (κ3) is 2.63. The summed E-state index contributed by atoms with van der Waals surface area (Å²) in [6, 6.07) is 11.2. The van der Waals surface area contributed by atoms with Gasteiger partial charge in [-0.05, 0) is 30.7 Å². The number of halogens is 1. The number of benzene rings is 2. The molecular weight excluding hydrogens is 326 g/mol. The summed E-state index contributed by atoms with van der Waals surface area (Å²) in [4.78, 5) is 14.5. The fraction of sp³-hybridized carbons (Fsp3) is 0.211. The van der Waals surface area contributed by atoms with Crippen LogP contribution in [0.4, 0.5) is 5.69 Å². The number of para-hydroxylation sites is 1. The van der Waals surface area contributed by atoms with Gasteiger partial charge in [0.15, 0.2) is 11.5 Å². The lowest BCUT2D eigenvalue weighted by Gasteiger charge is -2.13. The molecule has 1 amide bonds. The van der Waals surface area contributed by atoms with Crippen molar-refractivity contribution in [1.29, 1.82) is 0 Å². The Labute approximate surface area is 146 Å². The van der Waals surface area contributed by atoms with Gasteiger partial charge in [0.25, 0.3) is 5.91 Å². The summed E-state index contributed by atoms with van der Waals surface area (Å²) >= 11 is 6.36. The standard InChI is InChI=1S/C19H18ClNO3/c1-4-21-16-8-6-5-7-13(16)14(19(21)22)9-12-10-17(23-2)18(24-3)11-15(12)20/h5-11H,4H2,1-3H3/b14-9-. The summed E-state index contributed by atoms with van der Waals surface area (Å²) in [5.74, 6) is 1.10. The van der Waals surface area contributed by atoms with E-state index < -0.39 is 0 Å². The van der Waals surface area contributed by atoms with E-state index in [4.69, 9.17) is 21.1 Å². The number of hydrogen-bond acceptors (Lipinski definition) is 3. The van der Waals surface area contributed by atoms with E-state index in [1.807, 2.05) is 31.2 Å². The molecule has 0 saturated heterocycles. The lowest BCUT2D eigenvalue weighted by atomic mass is 10.0. The summed E-state index contributed by atoms with van der Waals surface area (Å²) in [7, 11) is 3.12. The van der Waals surface area contributed by atoms with E-state index in [2.05, 4.69) is 0 Å². The van der Waals surface area contributed by atoms with Crippen LogP contribution in [0, 0.1) is 0 Å². The molecule has 0 unspecified atom stereocenters. The number of carbonyl (C=O) groups is 1. The lowest BCUT2D eigenvalue weighted by molar-refractivity contribution is -0.112. The Morgan fingerprint density at radius 2 is 1.79 bits per heavy atom. The molecule has 0 saturated carbocycles. The second-order valence-electron chi connectivity index (χ2n) is 5.35. The van der Waals surface area contributed by atoms with Crippen LogP contribution in [-0.4, -0.2) is 26.7 Å². The molecule has 0 radical (unpaired) electrons. The van der Waals surface area contributed by atoms with E-state index in [1.54, 1.807) is 37.3 Å². The summed E-state index contributed by atoms with van der Waals surface area (Å²) in [5.41, 5.74) is 3.18. The molecule has 1 aliphatic rings. The largest absolute Gasteiger partial charge is 0.493 e. The normalized spacial score (nSPS) is 14.9. The van der Waals surface area contributed by atoms with Gasteiger partial charge in [-0.2, -0.15) is 0 Å². The number of likely N-dealkylation sites (N-methyl/N-ethyl adjacent to an activating group) is 1. The van der Waals surface area contributed by atoms with Gasteiger partial charge in [0.1, 0.15) is 0 Å². The minimum absolute atomic E-state index is 0.0236. The van der Waals surface area contributed by atoms with Crippen LogP contribution in [0.2, 0.25) is 5.02 Å². The molecule has 0 bridgehead atoms. The molecule has 0 fully saturated rings. The minimum Gasteiger partial charge on any atom is -0.493 e. The molecule has 0 N–H and O–H groups in total. The van der Waals surface area contributed by atoms with Crippen molar-refractivity contribution in [2.75, 3.05) is 25.7 Å². The molecule has 0 atom stereocenters. The van der Waals surface area contributed by atoms with E-state index in [9.17, 15) is 4.79 Å². The number of nitrogens with zero attached hydrogens (tertiary/aromatic N) is 1. The molecule has 2 aromatic carbocycles. The fourth-order valence-electron chi connectivity index (χ4n) is 2.90. The van der Waals surface area contributed by atoms with E-state index in [0.29, 0.717) is 34.2 Å². The molecule has 24 heavy (non-hydrogen) atoms. The van der Waals surface area contributed by atoms with Crippen molar-refractivity contribution >= 4 is 34.8 Å². The van der Waals surface area contributed by atoms with E-state index in [-0.39, 0.29) is 5.91 Å². The van der Waals surface area contributed by atoms with E-state index in [1.165, 1.54) is 0 Å². The monoisotopic (exact) mass is 343 g/mol. The smallest absolute Gasteiger partial charge is 0.258 e. The highest BCUT2D eigenvalue weighted by atomic mass is 35.5. The predicted octanol–water partition coefficient (Wildman–Crippen LogP) is 4.26. The Balaban J connectivity index is 2.14. The molecule has 124 valence electrons. The van der Waals surface area contributed by atoms with Crippen LogP contribution in [0.25, 0.3) is 11.6 Å². The second kappa shape index (κ2) is 6.57. The average Bonchev–Trinajstić information content (AvgIpc) is 2.87. The Kier molecular flexibility index (Phi) is 4.49.